The van der Waals surface area contributed by atoms with Crippen molar-refractivity contribution in [2.45, 2.75) is 51.0 Å². The number of amides is 2. The summed E-state index contributed by atoms with van der Waals surface area (Å²) in [5.74, 6) is -3.18. The molecule has 0 bridgehead atoms. The van der Waals surface area contributed by atoms with E-state index in [0.717, 1.165) is 34.3 Å². The van der Waals surface area contributed by atoms with Gasteiger partial charge >= 0.3 is 12.1 Å². The third kappa shape index (κ3) is 6.55. The first-order chi connectivity index (χ1) is 17.9. The van der Waals surface area contributed by atoms with Crippen LogP contribution in [0, 0.1) is 0 Å². The van der Waals surface area contributed by atoms with Crippen molar-refractivity contribution in [2.75, 3.05) is 11.5 Å². The van der Waals surface area contributed by atoms with E-state index in [-0.39, 0.29) is 28.0 Å². The summed E-state index contributed by atoms with van der Waals surface area (Å²) in [6.45, 7) is 4.37. The lowest BCUT2D eigenvalue weighted by Crippen LogP contribution is -2.71. The summed E-state index contributed by atoms with van der Waals surface area (Å²) < 4.78 is 44.1. The molecule has 0 aliphatic carbocycles. The molecule has 0 spiro atoms. The van der Waals surface area contributed by atoms with Gasteiger partial charge in [-0.15, -0.1) is 11.8 Å². The molecular weight excluding hydrogens is 554 g/mol. The number of esters is 1. The van der Waals surface area contributed by atoms with Crippen LogP contribution in [0.3, 0.4) is 0 Å². The number of halogens is 2. The van der Waals surface area contributed by atoms with Crippen LogP contribution in [-0.4, -0.2) is 85.1 Å². The second kappa shape index (κ2) is 12.2. The van der Waals surface area contributed by atoms with E-state index in [9.17, 15) is 33.2 Å². The van der Waals surface area contributed by atoms with E-state index in [1.165, 1.54) is 6.92 Å². The Hall–Kier alpha value is -3.80. The zero-order chi connectivity index (χ0) is 28.1. The minimum Gasteiger partial charge on any atom is -0.431 e. The predicted molar refractivity (Wildman–Crippen MR) is 128 cm³/mol. The third-order valence-corrected chi connectivity index (χ3v) is 6.60. The summed E-state index contributed by atoms with van der Waals surface area (Å²) in [6.07, 6.45) is -4.37. The normalized spacial score (nSPS) is 20.3. The maximum Gasteiger partial charge on any atom is 0.511 e. The molecule has 14 nitrogen and oxygen atoms in total. The number of oxime groups is 1. The van der Waals surface area contributed by atoms with Gasteiger partial charge < -0.3 is 30.5 Å². The Balaban J connectivity index is 1.78. The van der Waals surface area contributed by atoms with E-state index in [2.05, 4.69) is 19.8 Å². The van der Waals surface area contributed by atoms with E-state index in [1.807, 2.05) is 0 Å². The second-order valence-electron chi connectivity index (χ2n) is 7.84. The summed E-state index contributed by atoms with van der Waals surface area (Å²) in [4.78, 5) is 55.0. The lowest BCUT2D eigenvalue weighted by atomic mass is 10.0. The number of nitrogens with zero attached hydrogens (tertiary/aromatic N) is 4. The number of hydrogen-bond acceptors (Lipinski definition) is 14. The van der Waals surface area contributed by atoms with Gasteiger partial charge in [-0.25, -0.2) is 18.4 Å². The number of nitrogen functional groups attached to an aromatic ring is 1. The Labute approximate surface area is 222 Å². The van der Waals surface area contributed by atoms with Crippen molar-refractivity contribution in [3.8, 4) is 0 Å². The molecule has 2 aliphatic heterocycles. The Bertz CT molecular complexity index is 1200. The third-order valence-electron chi connectivity index (χ3n) is 4.76. The molecule has 2 amide bonds. The number of anilines is 1. The first-order valence-electron chi connectivity index (χ1n) is 10.8. The van der Waals surface area contributed by atoms with Gasteiger partial charge in [0.1, 0.15) is 17.1 Å². The Morgan fingerprint density at radius 2 is 1.97 bits per heavy atom. The maximum atomic E-state index is 13.0. The van der Waals surface area contributed by atoms with Gasteiger partial charge in [0.2, 0.25) is 17.8 Å². The van der Waals surface area contributed by atoms with Crippen LogP contribution in [0.4, 0.5) is 18.7 Å². The fourth-order valence-electron chi connectivity index (χ4n) is 3.27. The molecule has 3 atom stereocenters. The number of rotatable bonds is 9. The fourth-order valence-corrected chi connectivity index (χ4v) is 5.02. The number of allylic oxidation sites excluding steroid dienone is 2. The van der Waals surface area contributed by atoms with Crippen molar-refractivity contribution >= 4 is 58.1 Å². The van der Waals surface area contributed by atoms with Crippen LogP contribution in [0.2, 0.25) is 0 Å². The zero-order valence-electron chi connectivity index (χ0n) is 20.0. The minimum atomic E-state index is -2.83. The van der Waals surface area contributed by atoms with Crippen LogP contribution < -0.4 is 11.1 Å². The predicted octanol–water partition coefficient (Wildman–Crippen LogP) is 1.22. The summed E-state index contributed by atoms with van der Waals surface area (Å²) in [7, 11) is 0. The van der Waals surface area contributed by atoms with Crippen molar-refractivity contribution < 1.29 is 47.4 Å². The van der Waals surface area contributed by atoms with Crippen molar-refractivity contribution in [2.24, 2.45) is 5.16 Å². The van der Waals surface area contributed by atoms with Gasteiger partial charge in [-0.3, -0.25) is 14.5 Å². The first-order valence-corrected chi connectivity index (χ1v) is 12.6. The summed E-state index contributed by atoms with van der Waals surface area (Å²) in [5, 5.41) is 13.7. The number of hydrogen-bond donors (Lipinski definition) is 3. The number of nitrogens with two attached hydrogens (primary N) is 1. The molecule has 1 aromatic heterocycles. The van der Waals surface area contributed by atoms with Crippen LogP contribution in [0.15, 0.2) is 28.6 Å². The largest absolute Gasteiger partial charge is 0.511 e. The van der Waals surface area contributed by atoms with Crippen LogP contribution in [0.25, 0.3) is 0 Å². The maximum absolute atomic E-state index is 13.0. The molecule has 206 valence electrons. The number of carbonyl (C=O) groups excluding carboxylic acids is 4. The summed E-state index contributed by atoms with van der Waals surface area (Å²) in [5.41, 5.74) is 4.57. The molecule has 1 fully saturated rings. The van der Waals surface area contributed by atoms with E-state index >= 15 is 0 Å². The SMILES string of the molecule is CC(C)OC(=O)OC(C)OC(=O)C1=C(/C=C/C(F)F)CS[C@@H]2[C@H](NC(=O)/C(=N\O)c3nsc(N)n3)C(=O)N12. The number of fused-ring (bicyclic) bond motifs is 1. The fraction of sp³-hybridized carbons (Fsp3) is 0.450. The summed E-state index contributed by atoms with van der Waals surface area (Å²) >= 11 is 1.83. The van der Waals surface area contributed by atoms with E-state index in [4.69, 9.17) is 19.9 Å². The number of ether oxygens (including phenoxy) is 3. The van der Waals surface area contributed by atoms with Crippen LogP contribution in [-0.2, 0) is 28.6 Å². The highest BCUT2D eigenvalue weighted by molar-refractivity contribution is 8.00. The number of aromatic nitrogens is 2. The van der Waals surface area contributed by atoms with Crippen LogP contribution in [0.1, 0.15) is 26.6 Å². The Morgan fingerprint density at radius 3 is 2.55 bits per heavy atom. The van der Waals surface area contributed by atoms with Gasteiger partial charge in [-0.2, -0.15) is 9.36 Å². The highest BCUT2D eigenvalue weighted by Crippen LogP contribution is 2.41. The molecule has 2 aliphatic rings. The van der Waals surface area contributed by atoms with E-state index < -0.39 is 59.9 Å². The van der Waals surface area contributed by atoms with E-state index in [0.29, 0.717) is 6.08 Å². The van der Waals surface area contributed by atoms with Gasteiger partial charge in [-0.1, -0.05) is 11.2 Å². The topological polar surface area (TPSA) is 196 Å². The van der Waals surface area contributed by atoms with Gasteiger partial charge in [0.25, 0.3) is 18.2 Å². The molecule has 0 radical (unpaired) electrons. The van der Waals surface area contributed by atoms with Crippen LogP contribution in [0.5, 0.6) is 0 Å². The molecule has 38 heavy (non-hydrogen) atoms. The molecule has 18 heteroatoms. The molecule has 1 unspecified atom stereocenters. The van der Waals surface area contributed by atoms with Crippen molar-refractivity contribution in [3.05, 3.63) is 29.2 Å². The van der Waals surface area contributed by atoms with E-state index in [1.54, 1.807) is 13.8 Å². The molecule has 0 aromatic carbocycles. The van der Waals surface area contributed by atoms with Crippen molar-refractivity contribution in [1.29, 1.82) is 0 Å². The average Bonchev–Trinajstić information content (AvgIpc) is 3.25. The molecule has 1 aromatic rings. The first kappa shape index (κ1) is 28.8. The molecule has 0 saturated carbocycles. The second-order valence-corrected chi connectivity index (χ2v) is 9.73. The highest BCUT2D eigenvalue weighted by atomic mass is 32.2. The smallest absolute Gasteiger partial charge is 0.431 e. The molecule has 4 N–H and O–H groups in total. The number of alkyl halides is 2. The molecule has 3 heterocycles. The van der Waals surface area contributed by atoms with Gasteiger partial charge in [0.05, 0.1) is 6.10 Å². The van der Waals surface area contributed by atoms with Crippen LogP contribution >= 0.6 is 23.3 Å². The number of carbonyl (C=O) groups is 4. The standard InChI is InChI=1S/C20H22F2N6O8S2/c1-7(2)34-20(32)36-8(3)35-18(31)13-9(4-5-10(21)22)6-37-17-12(16(30)28(13)17)24-15(29)11(26-33)14-25-19(23)38-27-14/h4-5,7-8,10,12,17,33H,6H2,1-3H3,(H,24,29)(H2,23,25,27)/b5-4+,26-11-/t8?,12-,17-/m1/s1. The number of thioether (sulfide) groups is 1. The molecular formula is C20H22F2N6O8S2. The lowest BCUT2D eigenvalue weighted by molar-refractivity contribution is -0.169. The zero-order valence-corrected chi connectivity index (χ0v) is 21.6. The van der Waals surface area contributed by atoms with Gasteiger partial charge in [0.15, 0.2) is 5.13 Å². The molecule has 3 rings (SSSR count). The van der Waals surface area contributed by atoms with Gasteiger partial charge in [-0.05, 0) is 25.5 Å². The Morgan fingerprint density at radius 1 is 1.26 bits per heavy atom. The number of β-lactam (4-membered cyclic amide) rings is 1. The van der Waals surface area contributed by atoms with Gasteiger partial charge in [0, 0.05) is 24.2 Å². The lowest BCUT2D eigenvalue weighted by Gasteiger charge is -2.49. The summed E-state index contributed by atoms with van der Waals surface area (Å²) in [6, 6.07) is -1.18. The van der Waals surface area contributed by atoms with Crippen molar-refractivity contribution in [1.82, 2.24) is 19.6 Å². The average molecular weight is 577 g/mol. The monoisotopic (exact) mass is 576 g/mol. The minimum absolute atomic E-state index is 0.00970. The number of nitrogens with one attached hydrogen (secondary N) is 1. The quantitative estimate of drug-likeness (QED) is 0.0951. The Kier molecular flexibility index (Phi) is 9.21. The van der Waals surface area contributed by atoms with Crippen molar-refractivity contribution in [3.63, 3.8) is 0 Å². The molecule has 1 saturated heterocycles. The highest BCUT2D eigenvalue weighted by Gasteiger charge is 2.54.